The molecule has 8 heteroatoms. The molecular weight excluding hydrogens is 356 g/mol. The lowest BCUT2D eigenvalue weighted by Crippen LogP contribution is -2.51. The number of benzene rings is 1. The van der Waals surface area contributed by atoms with E-state index in [0.29, 0.717) is 16.4 Å². The van der Waals surface area contributed by atoms with Crippen LogP contribution in [0.5, 0.6) is 0 Å². The van der Waals surface area contributed by atoms with E-state index >= 15 is 0 Å². The van der Waals surface area contributed by atoms with E-state index in [0.717, 1.165) is 16.9 Å². The Balaban J connectivity index is 2.04. The van der Waals surface area contributed by atoms with Crippen LogP contribution in [0.3, 0.4) is 0 Å². The molecule has 0 aliphatic carbocycles. The molecule has 5 nitrogen and oxygen atoms in total. The minimum absolute atomic E-state index is 0.148. The molecule has 0 radical (unpaired) electrons. The molecule has 1 saturated heterocycles. The Hall–Kier alpha value is -1.41. The Kier molecular flexibility index (Phi) is 4.46. The van der Waals surface area contributed by atoms with Crippen LogP contribution in [0.4, 0.5) is 0 Å². The summed E-state index contributed by atoms with van der Waals surface area (Å²) >= 11 is 6.85. The second-order valence-corrected chi connectivity index (χ2v) is 9.11. The summed E-state index contributed by atoms with van der Waals surface area (Å²) in [6, 6.07) is 9.46. The van der Waals surface area contributed by atoms with E-state index in [4.69, 9.17) is 11.6 Å². The molecule has 2 aromatic rings. The highest BCUT2D eigenvalue weighted by Gasteiger charge is 2.40. The van der Waals surface area contributed by atoms with Crippen molar-refractivity contribution < 1.29 is 13.2 Å². The SMILES string of the molecule is Cc1ccc(C2C(=O)NCCN2S(=O)(=O)c2ccc(Cl)s2)cc1. The molecule has 1 atom stereocenters. The second kappa shape index (κ2) is 6.24. The smallest absolute Gasteiger partial charge is 0.253 e. The summed E-state index contributed by atoms with van der Waals surface area (Å²) in [4.78, 5) is 12.3. The Morgan fingerprint density at radius 1 is 1.22 bits per heavy atom. The molecule has 1 aromatic heterocycles. The molecule has 0 bridgehead atoms. The molecule has 23 heavy (non-hydrogen) atoms. The highest BCUT2D eigenvalue weighted by molar-refractivity contribution is 7.91. The first-order chi connectivity index (χ1) is 10.9. The van der Waals surface area contributed by atoms with Crippen LogP contribution in [0.15, 0.2) is 40.6 Å². The molecule has 0 spiro atoms. The zero-order chi connectivity index (χ0) is 16.6. The van der Waals surface area contributed by atoms with E-state index in [2.05, 4.69) is 5.32 Å². The van der Waals surface area contributed by atoms with Crippen molar-refractivity contribution in [2.24, 2.45) is 0 Å². The fraction of sp³-hybridized carbons (Fsp3) is 0.267. The van der Waals surface area contributed by atoms with E-state index < -0.39 is 16.1 Å². The van der Waals surface area contributed by atoms with E-state index in [1.54, 1.807) is 18.2 Å². The van der Waals surface area contributed by atoms with E-state index in [-0.39, 0.29) is 16.7 Å². The summed E-state index contributed by atoms with van der Waals surface area (Å²) in [5.41, 5.74) is 1.70. The maximum Gasteiger partial charge on any atom is 0.253 e. The number of nitrogens with zero attached hydrogens (tertiary/aromatic N) is 1. The number of sulfonamides is 1. The van der Waals surface area contributed by atoms with Crippen LogP contribution in [0, 0.1) is 6.92 Å². The average Bonchev–Trinajstić information content (AvgIpc) is 2.95. The number of hydrogen-bond acceptors (Lipinski definition) is 4. The number of amides is 1. The number of halogens is 1. The third-order valence-corrected chi connectivity index (χ3v) is 7.24. The summed E-state index contributed by atoms with van der Waals surface area (Å²) in [6.07, 6.45) is 0. The fourth-order valence-corrected chi connectivity index (χ4v) is 5.71. The maximum atomic E-state index is 12.9. The summed E-state index contributed by atoms with van der Waals surface area (Å²) in [5, 5.41) is 2.74. The monoisotopic (exact) mass is 370 g/mol. The van der Waals surface area contributed by atoms with Gasteiger partial charge in [-0.25, -0.2) is 8.42 Å². The minimum atomic E-state index is -3.77. The Bertz CT molecular complexity index is 831. The van der Waals surface area contributed by atoms with Crippen molar-refractivity contribution >= 4 is 38.9 Å². The molecule has 2 heterocycles. The van der Waals surface area contributed by atoms with Crippen molar-refractivity contribution in [2.45, 2.75) is 17.2 Å². The third-order valence-electron chi connectivity index (χ3n) is 3.67. The molecule has 1 fully saturated rings. The highest BCUT2D eigenvalue weighted by Crippen LogP contribution is 2.34. The number of aryl methyl sites for hydroxylation is 1. The number of carbonyl (C=O) groups excluding carboxylic acids is 1. The van der Waals surface area contributed by atoms with Gasteiger partial charge in [-0.15, -0.1) is 11.3 Å². The zero-order valence-electron chi connectivity index (χ0n) is 12.3. The van der Waals surface area contributed by atoms with E-state index in [1.165, 1.54) is 10.4 Å². The predicted octanol–water partition coefficient (Wildman–Crippen LogP) is 2.57. The van der Waals surface area contributed by atoms with Gasteiger partial charge in [-0.05, 0) is 24.6 Å². The molecule has 122 valence electrons. The van der Waals surface area contributed by atoms with Crippen LogP contribution >= 0.6 is 22.9 Å². The van der Waals surface area contributed by atoms with Crippen LogP contribution < -0.4 is 5.32 Å². The molecule has 3 rings (SSSR count). The van der Waals surface area contributed by atoms with Crippen molar-refractivity contribution in [2.75, 3.05) is 13.1 Å². The highest BCUT2D eigenvalue weighted by atomic mass is 35.5. The van der Waals surface area contributed by atoms with Gasteiger partial charge in [0.25, 0.3) is 10.0 Å². The largest absolute Gasteiger partial charge is 0.353 e. The summed E-state index contributed by atoms with van der Waals surface area (Å²) in [5.74, 6) is -0.314. The van der Waals surface area contributed by atoms with Gasteiger partial charge in [0.1, 0.15) is 10.3 Å². The quantitative estimate of drug-likeness (QED) is 0.902. The van der Waals surface area contributed by atoms with Crippen LogP contribution in [0.25, 0.3) is 0 Å². The number of rotatable bonds is 3. The van der Waals surface area contributed by atoms with Gasteiger partial charge in [0.2, 0.25) is 5.91 Å². The van der Waals surface area contributed by atoms with Gasteiger partial charge in [0.05, 0.1) is 4.34 Å². The van der Waals surface area contributed by atoms with Gasteiger partial charge >= 0.3 is 0 Å². The number of nitrogens with one attached hydrogen (secondary N) is 1. The summed E-state index contributed by atoms with van der Waals surface area (Å²) < 4.78 is 27.6. The van der Waals surface area contributed by atoms with Gasteiger partial charge in [-0.2, -0.15) is 4.31 Å². The van der Waals surface area contributed by atoms with Gasteiger partial charge < -0.3 is 5.32 Å². The molecule has 1 unspecified atom stereocenters. The van der Waals surface area contributed by atoms with Crippen LogP contribution in [0.2, 0.25) is 4.34 Å². The molecule has 1 amide bonds. The van der Waals surface area contributed by atoms with Gasteiger partial charge in [0, 0.05) is 13.1 Å². The Labute approximate surface area is 143 Å². The predicted molar refractivity (Wildman–Crippen MR) is 90.2 cm³/mol. The van der Waals surface area contributed by atoms with E-state index in [1.807, 2.05) is 19.1 Å². The average molecular weight is 371 g/mol. The van der Waals surface area contributed by atoms with Crippen molar-refractivity contribution in [1.82, 2.24) is 9.62 Å². The van der Waals surface area contributed by atoms with Gasteiger partial charge in [-0.3, -0.25) is 4.79 Å². The second-order valence-electron chi connectivity index (χ2n) is 5.28. The summed E-state index contributed by atoms with van der Waals surface area (Å²) in [7, 11) is -3.77. The number of carbonyl (C=O) groups is 1. The van der Waals surface area contributed by atoms with Crippen molar-refractivity contribution in [3.8, 4) is 0 Å². The van der Waals surface area contributed by atoms with Gasteiger partial charge in [0.15, 0.2) is 0 Å². The molecule has 1 N–H and O–H groups in total. The molecule has 0 saturated carbocycles. The number of thiophene rings is 1. The molecular formula is C15H15ClN2O3S2. The first-order valence-electron chi connectivity index (χ1n) is 7.01. The van der Waals surface area contributed by atoms with Gasteiger partial charge in [-0.1, -0.05) is 41.4 Å². The topological polar surface area (TPSA) is 66.5 Å². The Morgan fingerprint density at radius 2 is 1.91 bits per heavy atom. The summed E-state index contributed by atoms with van der Waals surface area (Å²) in [6.45, 7) is 2.45. The standard InChI is InChI=1S/C15H15ClN2O3S2/c1-10-2-4-11(5-3-10)14-15(19)17-8-9-18(14)23(20,21)13-7-6-12(16)22-13/h2-7,14H,8-9H2,1H3,(H,17,19). The number of piperazine rings is 1. The lowest BCUT2D eigenvalue weighted by atomic mass is 10.0. The lowest BCUT2D eigenvalue weighted by molar-refractivity contribution is -0.126. The fourth-order valence-electron chi connectivity index (χ4n) is 2.52. The third kappa shape index (κ3) is 3.14. The molecule has 1 aromatic carbocycles. The maximum absolute atomic E-state index is 12.9. The van der Waals surface area contributed by atoms with Crippen molar-refractivity contribution in [3.63, 3.8) is 0 Å². The lowest BCUT2D eigenvalue weighted by Gasteiger charge is -2.33. The molecule has 1 aliphatic heterocycles. The first kappa shape index (κ1) is 16.4. The van der Waals surface area contributed by atoms with Crippen LogP contribution in [-0.4, -0.2) is 31.7 Å². The van der Waals surface area contributed by atoms with Crippen molar-refractivity contribution in [3.05, 3.63) is 51.9 Å². The zero-order valence-corrected chi connectivity index (χ0v) is 14.7. The Morgan fingerprint density at radius 3 is 2.52 bits per heavy atom. The minimum Gasteiger partial charge on any atom is -0.353 e. The normalized spacial score (nSPS) is 19.6. The molecule has 1 aliphatic rings. The van der Waals surface area contributed by atoms with Crippen molar-refractivity contribution in [1.29, 1.82) is 0 Å². The van der Waals surface area contributed by atoms with Crippen LogP contribution in [-0.2, 0) is 14.8 Å². The first-order valence-corrected chi connectivity index (χ1v) is 9.64. The van der Waals surface area contributed by atoms with E-state index in [9.17, 15) is 13.2 Å². The number of hydrogen-bond donors (Lipinski definition) is 1. The van der Waals surface area contributed by atoms with Crippen LogP contribution in [0.1, 0.15) is 17.2 Å².